The van der Waals surface area contributed by atoms with Crippen LogP contribution >= 0.6 is 0 Å². The smallest absolute Gasteiger partial charge is 0.266 e. The maximum absolute atomic E-state index is 12.8. The monoisotopic (exact) mass is 453 g/mol. The summed E-state index contributed by atoms with van der Waals surface area (Å²) >= 11 is 0. The minimum Gasteiger partial charge on any atom is -0.379 e. The molecule has 0 saturated carbocycles. The molecular weight excluding hydrogens is 430 g/mol. The van der Waals surface area contributed by atoms with Gasteiger partial charge in [-0.1, -0.05) is 23.8 Å². The highest BCUT2D eigenvalue weighted by molar-refractivity contribution is 7.89. The second-order valence-corrected chi connectivity index (χ2v) is 10.5. The lowest BCUT2D eigenvalue weighted by molar-refractivity contribution is 0.0730. The molecule has 162 valence electrons. The first-order valence-electron chi connectivity index (χ1n) is 9.18. The van der Waals surface area contributed by atoms with Crippen molar-refractivity contribution in [3.05, 3.63) is 59.2 Å². The fourth-order valence-corrected chi connectivity index (χ4v) is 5.60. The molecule has 1 saturated heterocycles. The highest BCUT2D eigenvalue weighted by atomic mass is 32.2. The first-order chi connectivity index (χ1) is 14.1. The molecule has 0 aromatic heterocycles. The Hall–Kier alpha value is -2.31. The molecule has 1 heterocycles. The summed E-state index contributed by atoms with van der Waals surface area (Å²) in [5.74, 6) is -0.776. The van der Waals surface area contributed by atoms with E-state index in [1.165, 1.54) is 34.6 Å². The van der Waals surface area contributed by atoms with Gasteiger partial charge in [-0.2, -0.15) is 4.31 Å². The number of morpholine rings is 1. The summed E-state index contributed by atoms with van der Waals surface area (Å²) in [5, 5.41) is 0. The molecule has 9 nitrogen and oxygen atoms in total. The van der Waals surface area contributed by atoms with Crippen LogP contribution in [0.25, 0.3) is 0 Å². The molecule has 0 unspecified atom stereocenters. The number of nitrogens with zero attached hydrogens (tertiary/aromatic N) is 1. The van der Waals surface area contributed by atoms with E-state index >= 15 is 0 Å². The van der Waals surface area contributed by atoms with E-state index in [-0.39, 0.29) is 28.4 Å². The van der Waals surface area contributed by atoms with Gasteiger partial charge in [0.05, 0.1) is 23.0 Å². The Balaban J connectivity index is 1.75. The third kappa shape index (κ3) is 4.87. The van der Waals surface area contributed by atoms with Crippen molar-refractivity contribution in [3.8, 4) is 0 Å². The largest absolute Gasteiger partial charge is 0.379 e. The van der Waals surface area contributed by atoms with Gasteiger partial charge in [-0.15, -0.1) is 4.83 Å². The van der Waals surface area contributed by atoms with Crippen molar-refractivity contribution < 1.29 is 26.4 Å². The molecule has 2 aromatic rings. The van der Waals surface area contributed by atoms with E-state index in [0.717, 1.165) is 5.56 Å². The number of ether oxygens (including phenoxy) is 1. The molecule has 0 spiro atoms. The molecule has 0 radical (unpaired) electrons. The maximum atomic E-state index is 12.8. The van der Waals surface area contributed by atoms with Crippen molar-refractivity contribution in [2.24, 2.45) is 0 Å². The number of amides is 1. The minimum atomic E-state index is -3.99. The Morgan fingerprint density at radius 3 is 2.37 bits per heavy atom. The Kier molecular flexibility index (Phi) is 6.58. The van der Waals surface area contributed by atoms with Crippen LogP contribution < -0.4 is 10.3 Å². The molecule has 2 N–H and O–H groups in total. The number of hydrazine groups is 1. The molecule has 1 aliphatic rings. The van der Waals surface area contributed by atoms with Gasteiger partial charge in [0.1, 0.15) is 0 Å². The number of sulfonamides is 2. The van der Waals surface area contributed by atoms with Crippen LogP contribution in [0.15, 0.2) is 52.3 Å². The van der Waals surface area contributed by atoms with Gasteiger partial charge in [0, 0.05) is 18.7 Å². The predicted molar refractivity (Wildman–Crippen MR) is 110 cm³/mol. The predicted octanol–water partition coefficient (Wildman–Crippen LogP) is 0.948. The van der Waals surface area contributed by atoms with Gasteiger partial charge in [0.15, 0.2) is 0 Å². The summed E-state index contributed by atoms with van der Waals surface area (Å²) in [6.07, 6.45) is 0. The maximum Gasteiger partial charge on any atom is 0.266 e. The zero-order valence-corrected chi connectivity index (χ0v) is 18.2. The summed E-state index contributed by atoms with van der Waals surface area (Å²) in [5.41, 5.74) is 3.59. The molecule has 3 rings (SSSR count). The van der Waals surface area contributed by atoms with Gasteiger partial charge in [0.25, 0.3) is 15.9 Å². The first kappa shape index (κ1) is 22.4. The van der Waals surface area contributed by atoms with Gasteiger partial charge in [-0.3, -0.25) is 10.2 Å². The number of carbonyl (C=O) groups is 1. The third-order valence-electron chi connectivity index (χ3n) is 4.62. The number of aryl methyl sites for hydroxylation is 2. The van der Waals surface area contributed by atoms with Crippen LogP contribution in [-0.4, -0.2) is 53.4 Å². The molecule has 0 bridgehead atoms. The summed E-state index contributed by atoms with van der Waals surface area (Å²) in [6.45, 7) is 4.57. The summed E-state index contributed by atoms with van der Waals surface area (Å²) in [4.78, 5) is 14.5. The lowest BCUT2D eigenvalue weighted by Gasteiger charge is -2.26. The molecule has 1 fully saturated rings. The Morgan fingerprint density at radius 2 is 1.70 bits per heavy atom. The molecule has 1 aliphatic heterocycles. The molecule has 0 aliphatic carbocycles. The molecule has 0 atom stereocenters. The fourth-order valence-electron chi connectivity index (χ4n) is 3.08. The molecule has 11 heteroatoms. The van der Waals surface area contributed by atoms with Crippen molar-refractivity contribution in [1.29, 1.82) is 0 Å². The van der Waals surface area contributed by atoms with Crippen LogP contribution in [0, 0.1) is 13.8 Å². The molecular formula is C19H23N3O6S2. The van der Waals surface area contributed by atoms with Crippen LogP contribution in [0.5, 0.6) is 0 Å². The van der Waals surface area contributed by atoms with E-state index in [2.05, 4.69) is 10.3 Å². The van der Waals surface area contributed by atoms with Gasteiger partial charge < -0.3 is 4.74 Å². The Labute approximate surface area is 176 Å². The SMILES string of the molecule is Cc1ccc(S(=O)(=O)NNC(=O)c2cccc(S(=O)(=O)N3CCOCC3)c2)c(C)c1. The number of hydrogen-bond acceptors (Lipinski definition) is 6. The van der Waals surface area contributed by atoms with Crippen molar-refractivity contribution in [2.45, 2.75) is 23.6 Å². The van der Waals surface area contributed by atoms with E-state index in [1.807, 2.05) is 6.92 Å². The summed E-state index contributed by atoms with van der Waals surface area (Å²) in [7, 11) is -7.77. The van der Waals surface area contributed by atoms with Crippen LogP contribution in [0.1, 0.15) is 21.5 Å². The van der Waals surface area contributed by atoms with Crippen molar-refractivity contribution in [3.63, 3.8) is 0 Å². The molecule has 2 aromatic carbocycles. The molecule has 1 amide bonds. The van der Waals surface area contributed by atoms with Crippen LogP contribution in [0.2, 0.25) is 0 Å². The third-order valence-corrected chi connectivity index (χ3v) is 7.93. The van der Waals surface area contributed by atoms with Crippen molar-refractivity contribution >= 4 is 26.0 Å². The van der Waals surface area contributed by atoms with E-state index < -0.39 is 26.0 Å². The van der Waals surface area contributed by atoms with Crippen molar-refractivity contribution in [2.75, 3.05) is 26.3 Å². The average Bonchev–Trinajstić information content (AvgIpc) is 2.72. The van der Waals surface area contributed by atoms with Gasteiger partial charge in [0.2, 0.25) is 10.0 Å². The quantitative estimate of drug-likeness (QED) is 0.628. The number of carbonyl (C=O) groups excluding carboxylic acids is 1. The summed E-state index contributed by atoms with van der Waals surface area (Å²) in [6, 6.07) is 10.3. The number of benzene rings is 2. The number of rotatable bonds is 6. The average molecular weight is 454 g/mol. The normalized spacial score (nSPS) is 15.7. The van der Waals surface area contributed by atoms with Gasteiger partial charge in [-0.05, 0) is 43.7 Å². The van der Waals surface area contributed by atoms with E-state index in [1.54, 1.807) is 19.1 Å². The second-order valence-electron chi connectivity index (χ2n) is 6.87. The van der Waals surface area contributed by atoms with E-state index in [9.17, 15) is 21.6 Å². The lowest BCUT2D eigenvalue weighted by atomic mass is 10.2. The standard InChI is InChI=1S/C19H23N3O6S2/c1-14-6-7-18(15(2)12-14)29(24,25)21-20-19(23)16-4-3-5-17(13-16)30(26,27)22-8-10-28-11-9-22/h3-7,12-13,21H,8-11H2,1-2H3,(H,20,23). The second kappa shape index (κ2) is 8.82. The van der Waals surface area contributed by atoms with Crippen LogP contribution in [-0.2, 0) is 24.8 Å². The first-order valence-corrected chi connectivity index (χ1v) is 12.1. The highest BCUT2D eigenvalue weighted by Crippen LogP contribution is 2.19. The van der Waals surface area contributed by atoms with Gasteiger partial charge in [-0.25, -0.2) is 16.8 Å². The zero-order chi connectivity index (χ0) is 21.9. The topological polar surface area (TPSA) is 122 Å². The Morgan fingerprint density at radius 1 is 1.00 bits per heavy atom. The van der Waals surface area contributed by atoms with E-state index in [4.69, 9.17) is 4.74 Å². The van der Waals surface area contributed by atoms with Crippen molar-refractivity contribution in [1.82, 2.24) is 14.6 Å². The molecule has 30 heavy (non-hydrogen) atoms. The zero-order valence-electron chi connectivity index (χ0n) is 16.6. The van der Waals surface area contributed by atoms with Crippen LogP contribution in [0.3, 0.4) is 0 Å². The Bertz CT molecular complexity index is 1160. The fraction of sp³-hybridized carbons (Fsp3) is 0.316. The highest BCUT2D eigenvalue weighted by Gasteiger charge is 2.27. The van der Waals surface area contributed by atoms with Gasteiger partial charge >= 0.3 is 0 Å². The minimum absolute atomic E-state index is 0.00709. The number of nitrogens with one attached hydrogen (secondary N) is 2. The summed E-state index contributed by atoms with van der Waals surface area (Å²) < 4.78 is 57.0. The number of hydrogen-bond donors (Lipinski definition) is 2. The van der Waals surface area contributed by atoms with Crippen LogP contribution in [0.4, 0.5) is 0 Å². The lowest BCUT2D eigenvalue weighted by Crippen LogP contribution is -2.42. The van der Waals surface area contributed by atoms with E-state index in [0.29, 0.717) is 18.8 Å².